The average Bonchev–Trinajstić information content (AvgIpc) is 3.33. The lowest BCUT2D eigenvalue weighted by atomic mass is 10.0. The molecule has 2 rings (SSSR count). The van der Waals surface area contributed by atoms with Crippen LogP contribution in [-0.4, -0.2) is 44.5 Å². The lowest BCUT2D eigenvalue weighted by molar-refractivity contribution is -0.145. The number of nitrogens with one attached hydrogen (secondary N) is 2. The fourth-order valence-electron chi connectivity index (χ4n) is 3.25. The molecule has 10 nitrogen and oxygen atoms in total. The van der Waals surface area contributed by atoms with Crippen molar-refractivity contribution < 1.29 is 27.2 Å². The number of hydrogen-bond donors (Lipinski definition) is 3. The minimum absolute atomic E-state index is 0.0268. The molecule has 0 saturated carbocycles. The number of nitrogens with zero attached hydrogens (tertiary/aromatic N) is 1. The van der Waals surface area contributed by atoms with Crippen LogP contribution in [0.3, 0.4) is 0 Å². The van der Waals surface area contributed by atoms with Crippen LogP contribution in [0.2, 0.25) is 0 Å². The number of sulfonamides is 1. The number of rotatable bonds is 14. The van der Waals surface area contributed by atoms with E-state index < -0.39 is 34.0 Å². The van der Waals surface area contributed by atoms with Crippen molar-refractivity contribution in [3.05, 3.63) is 47.7 Å². The van der Waals surface area contributed by atoms with Crippen molar-refractivity contribution in [1.29, 1.82) is 0 Å². The van der Waals surface area contributed by atoms with Crippen molar-refractivity contribution in [1.82, 2.24) is 15.0 Å². The summed E-state index contributed by atoms with van der Waals surface area (Å²) in [4.78, 5) is 29.4. The summed E-state index contributed by atoms with van der Waals surface area (Å²) in [5.74, 6) is -0.756. The molecule has 0 radical (unpaired) electrons. The minimum Gasteiger partial charge on any atom is -0.464 e. The molecule has 0 saturated heterocycles. The maximum Gasteiger partial charge on any atom is 0.328 e. The second-order valence-electron chi connectivity index (χ2n) is 8.47. The number of carbonyl (C=O) groups is 2. The van der Waals surface area contributed by atoms with Gasteiger partial charge in [0.05, 0.1) is 17.5 Å². The highest BCUT2D eigenvalue weighted by Crippen LogP contribution is 2.21. The van der Waals surface area contributed by atoms with Gasteiger partial charge in [-0.15, -0.1) is 0 Å². The molecule has 3 atom stereocenters. The summed E-state index contributed by atoms with van der Waals surface area (Å²) >= 11 is 0. The Bertz CT molecular complexity index is 1070. The van der Waals surface area contributed by atoms with Crippen molar-refractivity contribution in [2.45, 2.75) is 70.4 Å². The van der Waals surface area contributed by atoms with Crippen molar-refractivity contribution >= 4 is 21.9 Å². The third-order valence-electron chi connectivity index (χ3n) is 5.72. The molecule has 0 bridgehead atoms. The number of benzene rings is 1. The number of oxazole rings is 1. The highest BCUT2D eigenvalue weighted by molar-refractivity contribution is 7.89. The van der Waals surface area contributed by atoms with Gasteiger partial charge in [0.15, 0.2) is 5.69 Å². The second-order valence-corrected chi connectivity index (χ2v) is 10.2. The van der Waals surface area contributed by atoms with Crippen LogP contribution in [0.25, 0.3) is 0 Å². The van der Waals surface area contributed by atoms with E-state index in [1.807, 2.05) is 20.8 Å². The Balaban J connectivity index is 1.91. The van der Waals surface area contributed by atoms with E-state index in [9.17, 15) is 18.0 Å². The van der Waals surface area contributed by atoms with Gasteiger partial charge in [0, 0.05) is 6.54 Å². The van der Waals surface area contributed by atoms with Crippen LogP contribution in [-0.2, 0) is 19.6 Å². The van der Waals surface area contributed by atoms with Crippen LogP contribution < -0.4 is 15.8 Å². The van der Waals surface area contributed by atoms with Crippen LogP contribution in [0.5, 0.6) is 0 Å². The number of aryl methyl sites for hydroxylation is 1. The van der Waals surface area contributed by atoms with Gasteiger partial charge < -0.3 is 20.2 Å². The molecule has 2 aromatic rings. The monoisotopic (exact) mass is 508 g/mol. The number of carbonyl (C=O) groups excluding carboxylic acids is 2. The Morgan fingerprint density at radius 3 is 2.49 bits per heavy atom. The molecule has 1 heterocycles. The summed E-state index contributed by atoms with van der Waals surface area (Å²) < 4.78 is 37.8. The smallest absolute Gasteiger partial charge is 0.328 e. The van der Waals surface area contributed by atoms with Crippen molar-refractivity contribution in [2.75, 3.05) is 13.2 Å². The predicted molar refractivity (Wildman–Crippen MR) is 131 cm³/mol. The number of esters is 1. The molecule has 0 aliphatic rings. The minimum atomic E-state index is -3.61. The zero-order valence-corrected chi connectivity index (χ0v) is 21.6. The highest BCUT2D eigenvalue weighted by atomic mass is 32.2. The highest BCUT2D eigenvalue weighted by Gasteiger charge is 2.26. The summed E-state index contributed by atoms with van der Waals surface area (Å²) in [5.41, 5.74) is 7.10. The Morgan fingerprint density at radius 2 is 1.86 bits per heavy atom. The summed E-state index contributed by atoms with van der Waals surface area (Å²) in [6.45, 7) is 7.88. The van der Waals surface area contributed by atoms with Crippen LogP contribution in [0, 0.1) is 12.8 Å². The topological polar surface area (TPSA) is 154 Å². The largest absolute Gasteiger partial charge is 0.464 e. The number of unbranched alkanes of at least 4 members (excludes halogenated alkanes) is 1. The first-order chi connectivity index (χ1) is 16.6. The van der Waals surface area contributed by atoms with Gasteiger partial charge in [-0.25, -0.2) is 22.9 Å². The Labute approximate surface area is 207 Å². The lowest BCUT2D eigenvalue weighted by Gasteiger charge is -2.17. The molecule has 11 heteroatoms. The van der Waals surface area contributed by atoms with Gasteiger partial charge in [-0.1, -0.05) is 38.0 Å². The third kappa shape index (κ3) is 8.44. The molecule has 1 aromatic heterocycles. The van der Waals surface area contributed by atoms with Gasteiger partial charge in [-0.2, -0.15) is 0 Å². The van der Waals surface area contributed by atoms with E-state index in [0.717, 1.165) is 12.0 Å². The van der Waals surface area contributed by atoms with E-state index in [4.69, 9.17) is 14.9 Å². The number of aromatic nitrogens is 1. The zero-order valence-electron chi connectivity index (χ0n) is 20.7. The molecule has 0 aliphatic carbocycles. The average molecular weight is 509 g/mol. The van der Waals surface area contributed by atoms with Gasteiger partial charge >= 0.3 is 5.97 Å². The molecular formula is C24H36N4O6S. The standard InChI is InChI=1S/C24H36N4O6S/c1-5-17(4)21(25)23-28-20(15-34-23)22(29)27-19(24(30)33-6-2)9-7-8-14-26-35(31,32)18-12-10-16(3)11-13-18/h10-13,15,17,19,21,26H,5-9,14,25H2,1-4H3,(H,27,29). The van der Waals surface area contributed by atoms with Gasteiger partial charge in [-0.3, -0.25) is 4.79 Å². The first kappa shape index (κ1) is 28.5. The lowest BCUT2D eigenvalue weighted by Crippen LogP contribution is -2.42. The Hall–Kier alpha value is -2.76. The number of nitrogens with two attached hydrogens (primary N) is 1. The summed E-state index contributed by atoms with van der Waals surface area (Å²) in [6, 6.07) is 5.23. The van der Waals surface area contributed by atoms with E-state index >= 15 is 0 Å². The molecule has 0 aliphatic heterocycles. The van der Waals surface area contributed by atoms with Crippen molar-refractivity contribution in [3.8, 4) is 0 Å². The van der Waals surface area contributed by atoms with Gasteiger partial charge in [0.25, 0.3) is 5.91 Å². The number of ether oxygens (including phenoxy) is 1. The molecule has 1 aromatic carbocycles. The Morgan fingerprint density at radius 1 is 1.17 bits per heavy atom. The summed E-state index contributed by atoms with van der Waals surface area (Å²) in [5, 5.41) is 2.64. The van der Waals surface area contributed by atoms with Gasteiger partial charge in [0.2, 0.25) is 15.9 Å². The zero-order chi connectivity index (χ0) is 26.0. The molecule has 0 spiro atoms. The van der Waals surface area contributed by atoms with Crippen molar-refractivity contribution in [2.24, 2.45) is 11.7 Å². The summed E-state index contributed by atoms with van der Waals surface area (Å²) in [7, 11) is -3.61. The van der Waals surface area contributed by atoms with E-state index in [1.165, 1.54) is 6.26 Å². The van der Waals surface area contributed by atoms with Crippen LogP contribution >= 0.6 is 0 Å². The maximum atomic E-state index is 12.7. The van der Waals surface area contributed by atoms with E-state index in [2.05, 4.69) is 15.0 Å². The first-order valence-electron chi connectivity index (χ1n) is 11.8. The van der Waals surface area contributed by atoms with E-state index in [-0.39, 0.29) is 42.0 Å². The quantitative estimate of drug-likeness (QED) is 0.260. The van der Waals surface area contributed by atoms with E-state index in [1.54, 1.807) is 31.2 Å². The third-order valence-corrected chi connectivity index (χ3v) is 7.19. The van der Waals surface area contributed by atoms with Crippen LogP contribution in [0.15, 0.2) is 39.8 Å². The number of amides is 1. The second kappa shape index (κ2) is 13.4. The molecular weight excluding hydrogens is 472 g/mol. The van der Waals surface area contributed by atoms with Gasteiger partial charge in [-0.05, 0) is 51.2 Å². The van der Waals surface area contributed by atoms with Crippen molar-refractivity contribution in [3.63, 3.8) is 0 Å². The Kier molecular flexibility index (Phi) is 10.9. The summed E-state index contributed by atoms with van der Waals surface area (Å²) in [6.07, 6.45) is 3.26. The normalized spacial score (nSPS) is 14.2. The number of hydrogen-bond acceptors (Lipinski definition) is 8. The molecule has 194 valence electrons. The first-order valence-corrected chi connectivity index (χ1v) is 13.3. The molecule has 1 amide bonds. The fourth-order valence-corrected chi connectivity index (χ4v) is 4.32. The predicted octanol–water partition coefficient (Wildman–Crippen LogP) is 2.84. The van der Waals surface area contributed by atoms with E-state index in [0.29, 0.717) is 12.8 Å². The molecule has 3 unspecified atom stereocenters. The van der Waals surface area contributed by atoms with Crippen LogP contribution in [0.4, 0.5) is 0 Å². The molecule has 0 fully saturated rings. The van der Waals surface area contributed by atoms with Gasteiger partial charge in [0.1, 0.15) is 12.3 Å². The fraction of sp³-hybridized carbons (Fsp3) is 0.542. The van der Waals surface area contributed by atoms with Crippen LogP contribution in [0.1, 0.15) is 74.4 Å². The SMILES string of the molecule is CCOC(=O)C(CCCCNS(=O)(=O)c1ccc(C)cc1)NC(=O)c1coc(C(N)C(C)CC)n1. The molecule has 4 N–H and O–H groups in total. The molecule has 35 heavy (non-hydrogen) atoms. The maximum absolute atomic E-state index is 12.7.